The maximum Gasteiger partial charge on any atom is 0.227 e. The Bertz CT molecular complexity index is 227. The van der Waals surface area contributed by atoms with Crippen molar-refractivity contribution >= 4 is 5.91 Å². The molecule has 2 rings (SSSR count). The minimum absolute atomic E-state index is 0.203. The van der Waals surface area contributed by atoms with Gasteiger partial charge in [-0.05, 0) is 25.8 Å². The summed E-state index contributed by atoms with van der Waals surface area (Å²) in [7, 11) is 1.72. The summed E-state index contributed by atoms with van der Waals surface area (Å²) in [5.74, 6) is 0.524. The summed E-state index contributed by atoms with van der Waals surface area (Å²) in [4.78, 5) is 14.1. The average molecular weight is 212 g/mol. The van der Waals surface area contributed by atoms with Crippen molar-refractivity contribution in [1.82, 2.24) is 10.2 Å². The van der Waals surface area contributed by atoms with Crippen molar-refractivity contribution in [1.29, 1.82) is 0 Å². The van der Waals surface area contributed by atoms with E-state index in [1.54, 1.807) is 7.11 Å². The number of piperidine rings is 1. The first-order chi connectivity index (χ1) is 7.31. The van der Waals surface area contributed by atoms with Crippen molar-refractivity contribution in [2.75, 3.05) is 33.3 Å². The van der Waals surface area contributed by atoms with E-state index in [2.05, 4.69) is 5.32 Å². The van der Waals surface area contributed by atoms with Gasteiger partial charge in [0, 0.05) is 26.7 Å². The smallest absolute Gasteiger partial charge is 0.227 e. The Labute approximate surface area is 91.0 Å². The molecule has 2 heterocycles. The van der Waals surface area contributed by atoms with Gasteiger partial charge in [-0.15, -0.1) is 0 Å². The molecule has 0 aliphatic carbocycles. The van der Waals surface area contributed by atoms with Crippen LogP contribution in [0.4, 0.5) is 0 Å². The van der Waals surface area contributed by atoms with Crippen LogP contribution in [0.5, 0.6) is 0 Å². The highest BCUT2D eigenvalue weighted by atomic mass is 16.5. The van der Waals surface area contributed by atoms with Crippen molar-refractivity contribution in [2.45, 2.75) is 25.4 Å². The summed E-state index contributed by atoms with van der Waals surface area (Å²) in [5, 5.41) is 3.29. The predicted octanol–water partition coefficient (Wildman–Crippen LogP) is 0.233. The molecule has 0 spiro atoms. The molecule has 2 aliphatic heterocycles. The summed E-state index contributed by atoms with van der Waals surface area (Å²) in [6.45, 7) is 3.57. The van der Waals surface area contributed by atoms with Crippen LogP contribution in [0.15, 0.2) is 0 Å². The van der Waals surface area contributed by atoms with Gasteiger partial charge in [0.2, 0.25) is 5.91 Å². The highest BCUT2D eigenvalue weighted by Gasteiger charge is 2.31. The summed E-state index contributed by atoms with van der Waals surface area (Å²) in [5.41, 5.74) is 0. The molecule has 0 aromatic heterocycles. The Hall–Kier alpha value is -0.610. The van der Waals surface area contributed by atoms with E-state index < -0.39 is 0 Å². The molecule has 2 aliphatic rings. The Morgan fingerprint density at radius 2 is 2.33 bits per heavy atom. The van der Waals surface area contributed by atoms with E-state index in [0.717, 1.165) is 45.4 Å². The second kappa shape index (κ2) is 4.94. The molecule has 2 fully saturated rings. The first kappa shape index (κ1) is 10.9. The third kappa shape index (κ3) is 2.49. The van der Waals surface area contributed by atoms with Gasteiger partial charge in [-0.3, -0.25) is 4.79 Å². The Morgan fingerprint density at radius 1 is 1.47 bits per heavy atom. The van der Waals surface area contributed by atoms with Gasteiger partial charge in [0.25, 0.3) is 0 Å². The van der Waals surface area contributed by atoms with Gasteiger partial charge in [-0.1, -0.05) is 0 Å². The first-order valence-electron chi connectivity index (χ1n) is 5.83. The van der Waals surface area contributed by atoms with Gasteiger partial charge in [0.15, 0.2) is 0 Å². The number of methoxy groups -OCH3 is 1. The highest BCUT2D eigenvalue weighted by molar-refractivity contribution is 5.79. The van der Waals surface area contributed by atoms with Gasteiger partial charge in [-0.25, -0.2) is 0 Å². The molecule has 4 heteroatoms. The number of carbonyl (C=O) groups is 1. The Kier molecular flexibility index (Phi) is 3.59. The Morgan fingerprint density at radius 3 is 2.93 bits per heavy atom. The lowest BCUT2D eigenvalue weighted by Crippen LogP contribution is -2.42. The topological polar surface area (TPSA) is 41.6 Å². The molecule has 0 aromatic rings. The van der Waals surface area contributed by atoms with Crippen molar-refractivity contribution in [3.63, 3.8) is 0 Å². The normalized spacial score (nSPS) is 31.9. The van der Waals surface area contributed by atoms with E-state index in [1.807, 2.05) is 4.90 Å². The van der Waals surface area contributed by atoms with Crippen molar-refractivity contribution in [3.05, 3.63) is 0 Å². The lowest BCUT2D eigenvalue weighted by molar-refractivity contribution is -0.135. The molecule has 1 N–H and O–H groups in total. The molecule has 86 valence electrons. The van der Waals surface area contributed by atoms with Crippen LogP contribution in [0.25, 0.3) is 0 Å². The number of hydrogen-bond acceptors (Lipinski definition) is 3. The number of rotatable bonds is 2. The molecule has 15 heavy (non-hydrogen) atoms. The molecule has 2 saturated heterocycles. The van der Waals surface area contributed by atoms with Gasteiger partial charge in [0.1, 0.15) is 0 Å². The van der Waals surface area contributed by atoms with Crippen LogP contribution >= 0.6 is 0 Å². The third-order valence-electron chi connectivity index (χ3n) is 3.44. The second-order valence-corrected chi connectivity index (χ2v) is 4.47. The zero-order chi connectivity index (χ0) is 10.7. The van der Waals surface area contributed by atoms with Gasteiger partial charge in [0.05, 0.1) is 12.0 Å². The minimum atomic E-state index is 0.203. The number of nitrogens with zero attached hydrogens (tertiary/aromatic N) is 1. The lowest BCUT2D eigenvalue weighted by atomic mass is 9.98. The van der Waals surface area contributed by atoms with Crippen LogP contribution in [-0.4, -0.2) is 50.2 Å². The molecule has 2 atom stereocenters. The van der Waals surface area contributed by atoms with Crippen molar-refractivity contribution in [3.8, 4) is 0 Å². The van der Waals surface area contributed by atoms with Crippen LogP contribution in [0.1, 0.15) is 19.3 Å². The molecule has 0 aromatic carbocycles. The maximum atomic E-state index is 12.1. The summed E-state index contributed by atoms with van der Waals surface area (Å²) in [6, 6.07) is 0. The van der Waals surface area contributed by atoms with Crippen LogP contribution in [0.2, 0.25) is 0 Å². The fraction of sp³-hybridized carbons (Fsp3) is 0.909. The first-order valence-corrected chi connectivity index (χ1v) is 5.83. The molecule has 0 radical (unpaired) electrons. The standard InChI is InChI=1S/C11H20N2O2/c1-15-10-4-6-13(8-10)11(14)9-3-2-5-12-7-9/h9-10,12H,2-8H2,1H3/t9-,10?/m0/s1. The number of nitrogens with one attached hydrogen (secondary N) is 1. The van der Waals surface area contributed by atoms with Crippen LogP contribution < -0.4 is 5.32 Å². The molecular weight excluding hydrogens is 192 g/mol. The summed E-state index contributed by atoms with van der Waals surface area (Å²) >= 11 is 0. The van der Waals surface area contributed by atoms with Crippen LogP contribution in [0, 0.1) is 5.92 Å². The van der Waals surface area contributed by atoms with Crippen molar-refractivity contribution in [2.24, 2.45) is 5.92 Å². The van der Waals surface area contributed by atoms with E-state index in [1.165, 1.54) is 0 Å². The highest BCUT2D eigenvalue weighted by Crippen LogP contribution is 2.18. The third-order valence-corrected chi connectivity index (χ3v) is 3.44. The van der Waals surface area contributed by atoms with Crippen LogP contribution in [0.3, 0.4) is 0 Å². The SMILES string of the molecule is COC1CCN(C(=O)[C@H]2CCCNC2)C1. The molecule has 4 nitrogen and oxygen atoms in total. The molecule has 0 bridgehead atoms. The molecule has 1 unspecified atom stereocenters. The largest absolute Gasteiger partial charge is 0.380 e. The van der Waals surface area contributed by atoms with E-state index in [9.17, 15) is 4.79 Å². The molecule has 1 amide bonds. The monoisotopic (exact) mass is 212 g/mol. The summed E-state index contributed by atoms with van der Waals surface area (Å²) in [6.07, 6.45) is 3.41. The van der Waals surface area contributed by atoms with Crippen molar-refractivity contribution < 1.29 is 9.53 Å². The fourth-order valence-corrected chi connectivity index (χ4v) is 2.44. The zero-order valence-corrected chi connectivity index (χ0v) is 9.37. The lowest BCUT2D eigenvalue weighted by Gasteiger charge is -2.26. The second-order valence-electron chi connectivity index (χ2n) is 4.47. The van der Waals surface area contributed by atoms with E-state index in [0.29, 0.717) is 5.91 Å². The van der Waals surface area contributed by atoms with E-state index in [4.69, 9.17) is 4.74 Å². The van der Waals surface area contributed by atoms with Crippen LogP contribution in [-0.2, 0) is 9.53 Å². The number of amides is 1. The fourth-order valence-electron chi connectivity index (χ4n) is 2.44. The van der Waals surface area contributed by atoms with E-state index in [-0.39, 0.29) is 12.0 Å². The van der Waals surface area contributed by atoms with Gasteiger partial charge < -0.3 is 15.0 Å². The summed E-state index contributed by atoms with van der Waals surface area (Å²) < 4.78 is 5.27. The minimum Gasteiger partial charge on any atom is -0.380 e. The molecule has 0 saturated carbocycles. The number of likely N-dealkylation sites (tertiary alicyclic amines) is 1. The van der Waals surface area contributed by atoms with E-state index >= 15 is 0 Å². The maximum absolute atomic E-state index is 12.1. The van der Waals surface area contributed by atoms with Gasteiger partial charge >= 0.3 is 0 Å². The zero-order valence-electron chi connectivity index (χ0n) is 9.37. The van der Waals surface area contributed by atoms with Gasteiger partial charge in [-0.2, -0.15) is 0 Å². The number of hydrogen-bond donors (Lipinski definition) is 1. The quantitative estimate of drug-likeness (QED) is 0.712. The number of ether oxygens (including phenoxy) is 1. The molecular formula is C11H20N2O2. The number of carbonyl (C=O) groups excluding carboxylic acids is 1. The Balaban J connectivity index is 1.85. The predicted molar refractivity (Wildman–Crippen MR) is 57.6 cm³/mol. The average Bonchev–Trinajstić information content (AvgIpc) is 2.78.